The Labute approximate surface area is 170 Å². The predicted octanol–water partition coefficient (Wildman–Crippen LogP) is 7.20. The minimum absolute atomic E-state index is 0.197. The Balaban J connectivity index is 1.31. The quantitative estimate of drug-likeness (QED) is 0.506. The molecule has 0 amide bonds. The van der Waals surface area contributed by atoms with Crippen LogP contribution in [0, 0.1) is 17.8 Å². The van der Waals surface area contributed by atoms with E-state index in [1.807, 2.05) is 6.21 Å². The highest BCUT2D eigenvalue weighted by Crippen LogP contribution is 2.60. The lowest BCUT2D eigenvalue weighted by Crippen LogP contribution is -2.48. The number of hydrogen-bond acceptors (Lipinski definition) is 1. The Bertz CT molecular complexity index is 829. The van der Waals surface area contributed by atoms with E-state index in [1.165, 1.54) is 44.1 Å². The number of aliphatic imine (C=N–C) groups is 1. The molecule has 2 aromatic rings. The van der Waals surface area contributed by atoms with Gasteiger partial charge in [0.1, 0.15) is 0 Å². The zero-order valence-corrected chi connectivity index (χ0v) is 17.6. The molecule has 0 heterocycles. The first-order valence-electron chi connectivity index (χ1n) is 11.1. The van der Waals surface area contributed by atoms with E-state index < -0.39 is 0 Å². The monoisotopic (exact) mass is 371 g/mol. The van der Waals surface area contributed by atoms with Crippen LogP contribution >= 0.6 is 0 Å². The summed E-state index contributed by atoms with van der Waals surface area (Å²) in [5.41, 5.74) is 5.86. The van der Waals surface area contributed by atoms with Crippen LogP contribution in [-0.2, 0) is 10.8 Å². The standard InChI is InChI=1S/C27H33N/c1-26(2,3)23-6-4-19(5-7-23)18-28-25-10-8-24(9-11-25)27-15-20-12-21(16-27)14-22(13-20)17-27/h4-11,18,20-22H,12-17H2,1-3H3. The molecular formula is C27H33N. The number of benzene rings is 2. The maximum Gasteiger partial charge on any atom is 0.0630 e. The molecule has 0 radical (unpaired) electrons. The van der Waals surface area contributed by atoms with Gasteiger partial charge in [0.2, 0.25) is 0 Å². The average Bonchev–Trinajstić information content (AvgIpc) is 2.65. The van der Waals surface area contributed by atoms with Gasteiger partial charge in [0.15, 0.2) is 0 Å². The van der Waals surface area contributed by atoms with Crippen LogP contribution in [0.25, 0.3) is 0 Å². The van der Waals surface area contributed by atoms with Crippen molar-refractivity contribution < 1.29 is 0 Å². The van der Waals surface area contributed by atoms with E-state index in [2.05, 4.69) is 69.3 Å². The van der Waals surface area contributed by atoms with Crippen LogP contribution in [0.5, 0.6) is 0 Å². The molecule has 4 bridgehead atoms. The molecule has 4 aliphatic carbocycles. The Hall–Kier alpha value is -1.89. The Kier molecular flexibility index (Phi) is 4.27. The van der Waals surface area contributed by atoms with Crippen LogP contribution in [-0.4, -0.2) is 6.21 Å². The molecule has 0 unspecified atom stereocenters. The summed E-state index contributed by atoms with van der Waals surface area (Å²) in [6.07, 6.45) is 10.8. The highest BCUT2D eigenvalue weighted by molar-refractivity contribution is 5.82. The van der Waals surface area contributed by atoms with Crippen LogP contribution in [0.15, 0.2) is 53.5 Å². The smallest absolute Gasteiger partial charge is 0.0630 e. The van der Waals surface area contributed by atoms with Gasteiger partial charge in [-0.15, -0.1) is 0 Å². The van der Waals surface area contributed by atoms with Crippen LogP contribution in [0.3, 0.4) is 0 Å². The fourth-order valence-electron chi connectivity index (χ4n) is 6.58. The zero-order chi connectivity index (χ0) is 19.4. The molecule has 146 valence electrons. The second-order valence-electron chi connectivity index (χ2n) is 10.9. The summed E-state index contributed by atoms with van der Waals surface area (Å²) in [6, 6.07) is 18.0. The molecule has 2 aromatic carbocycles. The summed E-state index contributed by atoms with van der Waals surface area (Å²) in [5.74, 6) is 3.00. The van der Waals surface area contributed by atoms with Crippen molar-refractivity contribution in [1.29, 1.82) is 0 Å². The number of rotatable bonds is 3. The van der Waals surface area contributed by atoms with E-state index in [0.717, 1.165) is 29.0 Å². The van der Waals surface area contributed by atoms with E-state index in [0.29, 0.717) is 5.41 Å². The first kappa shape index (κ1) is 18.2. The molecule has 0 spiro atoms. The summed E-state index contributed by atoms with van der Waals surface area (Å²) in [6.45, 7) is 6.75. The van der Waals surface area contributed by atoms with Crippen molar-refractivity contribution in [3.63, 3.8) is 0 Å². The molecule has 0 aliphatic heterocycles. The summed E-state index contributed by atoms with van der Waals surface area (Å²) >= 11 is 0. The molecule has 6 rings (SSSR count). The third kappa shape index (κ3) is 3.34. The lowest BCUT2D eigenvalue weighted by molar-refractivity contribution is -0.00518. The highest BCUT2D eigenvalue weighted by atomic mass is 14.7. The molecule has 0 aromatic heterocycles. The lowest BCUT2D eigenvalue weighted by atomic mass is 9.48. The highest BCUT2D eigenvalue weighted by Gasteiger charge is 2.51. The van der Waals surface area contributed by atoms with Crippen molar-refractivity contribution in [3.8, 4) is 0 Å². The van der Waals surface area contributed by atoms with Crippen molar-refractivity contribution in [2.75, 3.05) is 0 Å². The van der Waals surface area contributed by atoms with Crippen molar-refractivity contribution >= 4 is 11.9 Å². The van der Waals surface area contributed by atoms with Gasteiger partial charge in [0, 0.05) is 6.21 Å². The van der Waals surface area contributed by atoms with Gasteiger partial charge in [-0.25, -0.2) is 0 Å². The second kappa shape index (κ2) is 6.58. The topological polar surface area (TPSA) is 12.4 Å². The van der Waals surface area contributed by atoms with Crippen LogP contribution in [0.4, 0.5) is 5.69 Å². The number of hydrogen-bond donors (Lipinski definition) is 0. The number of nitrogens with zero attached hydrogens (tertiary/aromatic N) is 1. The SMILES string of the molecule is CC(C)(C)c1ccc(C=Nc2ccc(C34CC5CC(CC(C5)C3)C4)cc2)cc1. The zero-order valence-electron chi connectivity index (χ0n) is 17.6. The second-order valence-corrected chi connectivity index (χ2v) is 10.9. The van der Waals surface area contributed by atoms with E-state index in [4.69, 9.17) is 4.99 Å². The molecule has 1 heteroatoms. The fraction of sp³-hybridized carbons (Fsp3) is 0.519. The van der Waals surface area contributed by atoms with Gasteiger partial charge in [0.25, 0.3) is 0 Å². The summed E-state index contributed by atoms with van der Waals surface area (Å²) in [4.78, 5) is 4.73. The van der Waals surface area contributed by atoms with Gasteiger partial charge in [-0.3, -0.25) is 4.99 Å². The van der Waals surface area contributed by atoms with Crippen molar-refractivity contribution in [2.45, 2.75) is 70.1 Å². The molecule has 0 saturated heterocycles. The lowest BCUT2D eigenvalue weighted by Gasteiger charge is -2.57. The molecule has 4 saturated carbocycles. The van der Waals surface area contributed by atoms with Gasteiger partial charge in [-0.2, -0.15) is 0 Å². The summed E-state index contributed by atoms with van der Waals surface area (Å²) in [7, 11) is 0. The van der Waals surface area contributed by atoms with E-state index in [1.54, 1.807) is 5.56 Å². The molecule has 0 N–H and O–H groups in total. The molecule has 4 aliphatic rings. The van der Waals surface area contributed by atoms with Crippen molar-refractivity contribution in [1.82, 2.24) is 0 Å². The van der Waals surface area contributed by atoms with Crippen LogP contribution < -0.4 is 0 Å². The van der Waals surface area contributed by atoms with Gasteiger partial charge in [-0.1, -0.05) is 57.2 Å². The predicted molar refractivity (Wildman–Crippen MR) is 119 cm³/mol. The van der Waals surface area contributed by atoms with Crippen molar-refractivity contribution in [3.05, 3.63) is 65.2 Å². The fourth-order valence-corrected chi connectivity index (χ4v) is 6.58. The summed E-state index contributed by atoms with van der Waals surface area (Å²) < 4.78 is 0. The van der Waals surface area contributed by atoms with Crippen LogP contribution in [0.1, 0.15) is 76.0 Å². The normalized spacial score (nSPS) is 31.6. The van der Waals surface area contributed by atoms with Gasteiger partial charge >= 0.3 is 0 Å². The Morgan fingerprint density at radius 2 is 1.32 bits per heavy atom. The Morgan fingerprint density at radius 1 is 0.786 bits per heavy atom. The average molecular weight is 372 g/mol. The third-order valence-electron chi connectivity index (χ3n) is 7.66. The first-order chi connectivity index (χ1) is 13.4. The summed E-state index contributed by atoms with van der Waals surface area (Å²) in [5, 5.41) is 0. The van der Waals surface area contributed by atoms with Gasteiger partial charge in [-0.05, 0) is 95.9 Å². The van der Waals surface area contributed by atoms with E-state index in [9.17, 15) is 0 Å². The van der Waals surface area contributed by atoms with Crippen molar-refractivity contribution in [2.24, 2.45) is 22.7 Å². The largest absolute Gasteiger partial charge is 0.256 e. The third-order valence-corrected chi connectivity index (χ3v) is 7.66. The van der Waals surface area contributed by atoms with Crippen LogP contribution in [0.2, 0.25) is 0 Å². The maximum absolute atomic E-state index is 4.73. The minimum atomic E-state index is 0.197. The molecule has 1 nitrogen and oxygen atoms in total. The van der Waals surface area contributed by atoms with Gasteiger partial charge < -0.3 is 0 Å². The first-order valence-corrected chi connectivity index (χ1v) is 11.1. The van der Waals surface area contributed by atoms with Gasteiger partial charge in [0.05, 0.1) is 5.69 Å². The minimum Gasteiger partial charge on any atom is -0.256 e. The Morgan fingerprint density at radius 3 is 1.82 bits per heavy atom. The molecule has 28 heavy (non-hydrogen) atoms. The van der Waals surface area contributed by atoms with E-state index >= 15 is 0 Å². The maximum atomic E-state index is 4.73. The van der Waals surface area contributed by atoms with E-state index in [-0.39, 0.29) is 5.41 Å². The molecule has 4 fully saturated rings. The molecular weight excluding hydrogens is 338 g/mol. The molecule has 0 atom stereocenters.